The number of hydrogen-bond donors (Lipinski definition) is 4. The quantitative estimate of drug-likeness (QED) is 0.310. The molecule has 0 aliphatic carbocycles. The van der Waals surface area contributed by atoms with Crippen molar-refractivity contribution in [2.75, 3.05) is 7.05 Å². The highest BCUT2D eigenvalue weighted by Gasteiger charge is 2.12. The highest BCUT2D eigenvalue weighted by molar-refractivity contribution is 5.70. The number of carbonyl (C=O) groups is 1. The summed E-state index contributed by atoms with van der Waals surface area (Å²) in [4.78, 5) is 12.4. The van der Waals surface area contributed by atoms with Crippen molar-refractivity contribution in [1.29, 1.82) is 0 Å². The van der Waals surface area contributed by atoms with Gasteiger partial charge in [-0.3, -0.25) is 5.32 Å². The Hall–Kier alpha value is -2.99. The van der Waals surface area contributed by atoms with Crippen molar-refractivity contribution in [3.8, 4) is 0 Å². The van der Waals surface area contributed by atoms with Gasteiger partial charge in [0.15, 0.2) is 0 Å². The predicted molar refractivity (Wildman–Crippen MR) is 124 cm³/mol. The van der Waals surface area contributed by atoms with Gasteiger partial charge < -0.3 is 15.9 Å². The molecule has 0 spiro atoms. The van der Waals surface area contributed by atoms with Gasteiger partial charge in [-0.05, 0) is 49.5 Å². The van der Waals surface area contributed by atoms with E-state index in [9.17, 15) is 4.79 Å². The average Bonchev–Trinajstić information content (AvgIpc) is 2.74. The molecule has 0 saturated carbocycles. The topological polar surface area (TPSA) is 88.4 Å². The van der Waals surface area contributed by atoms with Gasteiger partial charge in [-0.25, -0.2) is 10.2 Å². The molecule has 0 radical (unpaired) electrons. The average molecular weight is 413 g/mol. The molecular weight excluding hydrogens is 376 g/mol. The number of amides is 1. The predicted octanol–water partition coefficient (Wildman–Crippen LogP) is 4.79. The first-order chi connectivity index (χ1) is 14.4. The molecule has 0 atom stereocenters. The summed E-state index contributed by atoms with van der Waals surface area (Å²) >= 11 is 0. The van der Waals surface area contributed by atoms with Crippen LogP contribution in [0.15, 0.2) is 76.8 Å². The summed E-state index contributed by atoms with van der Waals surface area (Å²) in [6, 6.07) is 9.60. The lowest BCUT2D eigenvalue weighted by Gasteiger charge is -2.18. The van der Waals surface area contributed by atoms with Crippen LogP contribution in [0.2, 0.25) is 0 Å². The number of alkyl carbamates (subject to hydrolysis) is 1. The van der Waals surface area contributed by atoms with E-state index in [-0.39, 0.29) is 6.61 Å². The number of nitrogens with two attached hydrogens (primary N) is 1. The molecule has 0 heterocycles. The highest BCUT2D eigenvalue weighted by Crippen LogP contribution is 2.16. The second-order valence-electron chi connectivity index (χ2n) is 6.93. The molecule has 0 aliphatic rings. The molecule has 30 heavy (non-hydrogen) atoms. The first-order valence-electron chi connectivity index (χ1n) is 10.4. The fourth-order valence-electron chi connectivity index (χ4n) is 2.77. The molecule has 0 aliphatic heterocycles. The van der Waals surface area contributed by atoms with Crippen LogP contribution < -0.4 is 21.9 Å². The van der Waals surface area contributed by atoms with E-state index >= 15 is 0 Å². The van der Waals surface area contributed by atoms with Crippen LogP contribution in [0.5, 0.6) is 0 Å². The summed E-state index contributed by atoms with van der Waals surface area (Å²) in [6.07, 6.45) is 7.91. The Morgan fingerprint density at radius 3 is 2.40 bits per heavy atom. The van der Waals surface area contributed by atoms with Crippen molar-refractivity contribution in [1.82, 2.24) is 16.2 Å². The van der Waals surface area contributed by atoms with Gasteiger partial charge in [-0.1, -0.05) is 62.8 Å². The van der Waals surface area contributed by atoms with E-state index in [4.69, 9.17) is 10.5 Å². The van der Waals surface area contributed by atoms with Crippen molar-refractivity contribution in [2.24, 2.45) is 5.73 Å². The largest absolute Gasteiger partial charge is 0.444 e. The molecule has 0 unspecified atom stereocenters. The monoisotopic (exact) mass is 412 g/mol. The molecule has 1 aromatic rings. The van der Waals surface area contributed by atoms with Gasteiger partial charge in [0.25, 0.3) is 0 Å². The molecule has 1 amide bonds. The molecule has 6 nitrogen and oxygen atoms in total. The van der Waals surface area contributed by atoms with Crippen molar-refractivity contribution in [3.05, 3.63) is 82.4 Å². The molecule has 0 aromatic heterocycles. The van der Waals surface area contributed by atoms with Crippen LogP contribution in [0.4, 0.5) is 4.79 Å². The molecule has 0 saturated heterocycles. The lowest BCUT2D eigenvalue weighted by atomic mass is 10.1. The Kier molecular flexibility index (Phi) is 11.7. The van der Waals surface area contributed by atoms with Crippen LogP contribution in [0.1, 0.15) is 52.5 Å². The third-order valence-corrected chi connectivity index (χ3v) is 4.39. The number of nitrogens with one attached hydrogen (secondary N) is 3. The van der Waals surface area contributed by atoms with E-state index in [1.54, 1.807) is 7.05 Å². The van der Waals surface area contributed by atoms with Gasteiger partial charge >= 0.3 is 6.09 Å². The van der Waals surface area contributed by atoms with Crippen LogP contribution in [0.25, 0.3) is 0 Å². The summed E-state index contributed by atoms with van der Waals surface area (Å²) in [5.74, 6) is 0. The number of hydrazine groups is 1. The number of rotatable bonds is 11. The van der Waals surface area contributed by atoms with Crippen LogP contribution in [-0.4, -0.2) is 13.1 Å². The van der Waals surface area contributed by atoms with Crippen molar-refractivity contribution < 1.29 is 9.53 Å². The second-order valence-corrected chi connectivity index (χ2v) is 6.93. The van der Waals surface area contributed by atoms with Crippen LogP contribution >= 0.6 is 0 Å². The third kappa shape index (κ3) is 9.01. The zero-order valence-corrected chi connectivity index (χ0v) is 18.8. The van der Waals surface area contributed by atoms with Gasteiger partial charge in [-0.2, -0.15) is 0 Å². The lowest BCUT2D eigenvalue weighted by Crippen LogP contribution is -2.33. The number of benzene rings is 1. The van der Waals surface area contributed by atoms with Gasteiger partial charge in [0.05, 0.1) is 5.70 Å². The van der Waals surface area contributed by atoms with E-state index in [1.807, 2.05) is 56.3 Å². The second kappa shape index (κ2) is 14.1. The van der Waals surface area contributed by atoms with Crippen molar-refractivity contribution in [2.45, 2.75) is 53.6 Å². The fraction of sp³-hybridized carbons (Fsp3) is 0.375. The minimum atomic E-state index is -0.484. The van der Waals surface area contributed by atoms with Gasteiger partial charge in [0.2, 0.25) is 0 Å². The SMILES string of the molecule is CC/C=C(C)/C(N)=C\C=C(C)\C(NNC)=C(\CCC)NC(=O)OCc1ccccc1. The van der Waals surface area contributed by atoms with Crippen LogP contribution in [0, 0.1) is 0 Å². The highest BCUT2D eigenvalue weighted by atomic mass is 16.5. The Morgan fingerprint density at radius 2 is 1.80 bits per heavy atom. The van der Waals surface area contributed by atoms with E-state index < -0.39 is 6.09 Å². The lowest BCUT2D eigenvalue weighted by molar-refractivity contribution is 0.142. The van der Waals surface area contributed by atoms with E-state index in [0.29, 0.717) is 12.1 Å². The van der Waals surface area contributed by atoms with Crippen LogP contribution in [0.3, 0.4) is 0 Å². The zero-order valence-electron chi connectivity index (χ0n) is 18.8. The first kappa shape index (κ1) is 25.0. The minimum absolute atomic E-state index is 0.220. The minimum Gasteiger partial charge on any atom is -0.444 e. The van der Waals surface area contributed by atoms with E-state index in [0.717, 1.165) is 40.9 Å². The molecule has 6 heteroatoms. The summed E-state index contributed by atoms with van der Waals surface area (Å²) in [5.41, 5.74) is 17.4. The molecular formula is C24H36N4O2. The van der Waals surface area contributed by atoms with Gasteiger partial charge in [0.1, 0.15) is 6.61 Å². The van der Waals surface area contributed by atoms with E-state index in [2.05, 4.69) is 36.1 Å². The summed E-state index contributed by atoms with van der Waals surface area (Å²) in [6.45, 7) is 8.32. The third-order valence-electron chi connectivity index (χ3n) is 4.39. The summed E-state index contributed by atoms with van der Waals surface area (Å²) in [7, 11) is 1.78. The maximum Gasteiger partial charge on any atom is 0.411 e. The molecule has 5 N–H and O–H groups in total. The Labute approximate surface area is 180 Å². The smallest absolute Gasteiger partial charge is 0.411 e. The van der Waals surface area contributed by atoms with Crippen LogP contribution in [-0.2, 0) is 11.3 Å². The molecule has 0 bridgehead atoms. The normalized spacial score (nSPS) is 13.6. The zero-order chi connectivity index (χ0) is 22.4. The number of hydrogen-bond acceptors (Lipinski definition) is 5. The van der Waals surface area contributed by atoms with Gasteiger partial charge in [0, 0.05) is 18.4 Å². The summed E-state index contributed by atoms with van der Waals surface area (Å²) in [5, 5.41) is 2.90. The number of ether oxygens (including phenoxy) is 1. The standard InChI is InChI=1S/C24H36N4O2/c1-6-11-18(3)21(25)16-15-19(4)23(28-26-5)22(12-7-2)27-24(29)30-17-20-13-9-8-10-14-20/h8-11,13-16,26,28H,6-7,12,17,25H2,1-5H3,(H,27,29)/b18-11+,19-15+,21-16+,23-22+. The number of carbonyl (C=O) groups excluding carboxylic acids is 1. The molecule has 164 valence electrons. The Morgan fingerprint density at radius 1 is 1.10 bits per heavy atom. The molecule has 0 fully saturated rings. The Balaban J connectivity index is 3.03. The number of allylic oxidation sites excluding steroid dienone is 6. The van der Waals surface area contributed by atoms with Crippen molar-refractivity contribution in [3.63, 3.8) is 0 Å². The molecule has 1 rings (SSSR count). The molecule has 1 aromatic carbocycles. The van der Waals surface area contributed by atoms with Gasteiger partial charge in [-0.15, -0.1) is 0 Å². The summed E-state index contributed by atoms with van der Waals surface area (Å²) < 4.78 is 5.38. The first-order valence-corrected chi connectivity index (χ1v) is 10.4. The maximum atomic E-state index is 12.4. The van der Waals surface area contributed by atoms with Crippen molar-refractivity contribution >= 4 is 6.09 Å². The maximum absolute atomic E-state index is 12.4. The van der Waals surface area contributed by atoms with E-state index in [1.165, 1.54) is 0 Å². The Bertz CT molecular complexity index is 793. The fourth-order valence-corrected chi connectivity index (χ4v) is 2.77.